The van der Waals surface area contributed by atoms with Gasteiger partial charge in [0.1, 0.15) is 5.78 Å². The molecule has 1 aliphatic heterocycles. The monoisotopic (exact) mass is 242 g/mol. The number of hydrogen-bond donors (Lipinski definition) is 0. The third-order valence-electron chi connectivity index (χ3n) is 5.27. The summed E-state index contributed by atoms with van der Waals surface area (Å²) in [5, 5.41) is 0. The number of rotatable bonds is 1. The van der Waals surface area contributed by atoms with Crippen LogP contribution in [0, 0.1) is 11.8 Å². The molecule has 2 saturated carbocycles. The smallest absolute Gasteiger partial charge is 0.139 e. The molecular formula is C16H18O2. The lowest BCUT2D eigenvalue weighted by molar-refractivity contribution is -0.181. The Labute approximate surface area is 107 Å². The molecule has 1 aromatic rings. The zero-order valence-corrected chi connectivity index (χ0v) is 10.5. The summed E-state index contributed by atoms with van der Waals surface area (Å²) in [6.45, 7) is 0.845. The van der Waals surface area contributed by atoms with Crippen molar-refractivity contribution < 1.29 is 9.53 Å². The summed E-state index contributed by atoms with van der Waals surface area (Å²) in [7, 11) is 0. The first-order valence-electron chi connectivity index (χ1n) is 7.04. The molecule has 0 bridgehead atoms. The quantitative estimate of drug-likeness (QED) is 0.757. The summed E-state index contributed by atoms with van der Waals surface area (Å²) >= 11 is 0. The molecule has 0 aromatic heterocycles. The zero-order chi connectivity index (χ0) is 12.2. The minimum Gasteiger partial charge on any atom is -0.374 e. The second-order valence-electron chi connectivity index (χ2n) is 5.93. The molecule has 0 radical (unpaired) electrons. The Kier molecular flexibility index (Phi) is 2.19. The SMILES string of the molecule is O=C1CCC[C@]23OCC[C@H]2[C@H](c2ccccc2)[C@H]13. The molecule has 3 aliphatic rings. The minimum atomic E-state index is -0.0736. The molecule has 1 heterocycles. The number of benzene rings is 1. The van der Waals surface area contributed by atoms with Gasteiger partial charge in [-0.2, -0.15) is 0 Å². The zero-order valence-electron chi connectivity index (χ0n) is 10.5. The van der Waals surface area contributed by atoms with Crippen molar-refractivity contribution in [2.75, 3.05) is 6.61 Å². The summed E-state index contributed by atoms with van der Waals surface area (Å²) in [6, 6.07) is 10.6. The van der Waals surface area contributed by atoms with Crippen LogP contribution in [0.3, 0.4) is 0 Å². The highest BCUT2D eigenvalue weighted by atomic mass is 16.5. The van der Waals surface area contributed by atoms with E-state index in [-0.39, 0.29) is 11.5 Å². The molecule has 1 spiro atoms. The van der Waals surface area contributed by atoms with Crippen molar-refractivity contribution >= 4 is 5.78 Å². The lowest BCUT2D eigenvalue weighted by atomic mass is 9.47. The van der Waals surface area contributed by atoms with Gasteiger partial charge in [0.2, 0.25) is 0 Å². The van der Waals surface area contributed by atoms with E-state index >= 15 is 0 Å². The van der Waals surface area contributed by atoms with Crippen molar-refractivity contribution in [3.05, 3.63) is 35.9 Å². The number of ether oxygens (including phenoxy) is 1. The van der Waals surface area contributed by atoms with Crippen molar-refractivity contribution in [2.45, 2.75) is 37.2 Å². The summed E-state index contributed by atoms with van der Waals surface area (Å²) < 4.78 is 6.04. The fourth-order valence-electron chi connectivity index (χ4n) is 4.63. The van der Waals surface area contributed by atoms with Gasteiger partial charge in [0.05, 0.1) is 11.5 Å². The fraction of sp³-hybridized carbons (Fsp3) is 0.562. The van der Waals surface area contributed by atoms with Crippen molar-refractivity contribution in [1.29, 1.82) is 0 Å². The first kappa shape index (κ1) is 10.7. The number of carbonyl (C=O) groups is 1. The van der Waals surface area contributed by atoms with Gasteiger partial charge in [-0.3, -0.25) is 4.79 Å². The van der Waals surface area contributed by atoms with Crippen LogP contribution in [0.2, 0.25) is 0 Å². The highest BCUT2D eigenvalue weighted by Gasteiger charge is 2.68. The Morgan fingerprint density at radius 3 is 2.89 bits per heavy atom. The maximum atomic E-state index is 12.3. The van der Waals surface area contributed by atoms with Gasteiger partial charge in [-0.15, -0.1) is 0 Å². The van der Waals surface area contributed by atoms with E-state index in [4.69, 9.17) is 4.74 Å². The van der Waals surface area contributed by atoms with E-state index in [1.807, 2.05) is 6.07 Å². The number of carbonyl (C=O) groups excluding carboxylic acids is 1. The van der Waals surface area contributed by atoms with Gasteiger partial charge in [0, 0.05) is 18.9 Å². The van der Waals surface area contributed by atoms with E-state index in [1.165, 1.54) is 5.56 Å². The molecular weight excluding hydrogens is 224 g/mol. The van der Waals surface area contributed by atoms with Crippen LogP contribution < -0.4 is 0 Å². The van der Waals surface area contributed by atoms with Crippen LogP contribution in [-0.2, 0) is 9.53 Å². The molecule has 18 heavy (non-hydrogen) atoms. The highest BCUT2D eigenvalue weighted by Crippen LogP contribution is 2.65. The molecule has 1 aromatic carbocycles. The first-order chi connectivity index (χ1) is 8.83. The van der Waals surface area contributed by atoms with Crippen LogP contribution in [0.15, 0.2) is 30.3 Å². The third-order valence-corrected chi connectivity index (χ3v) is 5.27. The van der Waals surface area contributed by atoms with Gasteiger partial charge in [0.25, 0.3) is 0 Å². The molecule has 2 nitrogen and oxygen atoms in total. The Bertz CT molecular complexity index is 481. The normalized spacial score (nSPS) is 42.0. The molecule has 3 fully saturated rings. The Morgan fingerprint density at radius 2 is 2.06 bits per heavy atom. The lowest BCUT2D eigenvalue weighted by Crippen LogP contribution is -2.63. The van der Waals surface area contributed by atoms with Gasteiger partial charge in [0.15, 0.2) is 0 Å². The second kappa shape index (κ2) is 3.67. The van der Waals surface area contributed by atoms with Gasteiger partial charge < -0.3 is 4.74 Å². The van der Waals surface area contributed by atoms with E-state index in [2.05, 4.69) is 24.3 Å². The predicted octanol–water partition coefficient (Wildman–Crippen LogP) is 2.93. The maximum Gasteiger partial charge on any atom is 0.139 e. The Balaban J connectivity index is 1.75. The third kappa shape index (κ3) is 1.19. The molecule has 4 atom stereocenters. The van der Waals surface area contributed by atoms with Gasteiger partial charge in [-0.05, 0) is 30.7 Å². The van der Waals surface area contributed by atoms with E-state index in [9.17, 15) is 4.79 Å². The maximum absolute atomic E-state index is 12.3. The van der Waals surface area contributed by atoms with E-state index in [1.54, 1.807) is 0 Å². The molecule has 4 rings (SSSR count). The number of ketones is 1. The predicted molar refractivity (Wildman–Crippen MR) is 68.3 cm³/mol. The highest BCUT2D eigenvalue weighted by molar-refractivity contribution is 5.86. The number of hydrogen-bond acceptors (Lipinski definition) is 2. The Hall–Kier alpha value is -1.15. The van der Waals surface area contributed by atoms with E-state index < -0.39 is 0 Å². The fourth-order valence-corrected chi connectivity index (χ4v) is 4.63. The van der Waals surface area contributed by atoms with E-state index in [0.29, 0.717) is 17.6 Å². The largest absolute Gasteiger partial charge is 0.374 e. The van der Waals surface area contributed by atoms with Gasteiger partial charge >= 0.3 is 0 Å². The van der Waals surface area contributed by atoms with Crippen LogP contribution >= 0.6 is 0 Å². The molecule has 0 unspecified atom stereocenters. The van der Waals surface area contributed by atoms with Crippen LogP contribution in [0.25, 0.3) is 0 Å². The summed E-state index contributed by atoms with van der Waals surface area (Å²) in [5.74, 6) is 1.57. The minimum absolute atomic E-state index is 0.0736. The molecule has 0 amide bonds. The summed E-state index contributed by atoms with van der Waals surface area (Å²) in [4.78, 5) is 12.3. The van der Waals surface area contributed by atoms with Crippen LogP contribution in [0.5, 0.6) is 0 Å². The van der Waals surface area contributed by atoms with Crippen molar-refractivity contribution in [1.82, 2.24) is 0 Å². The second-order valence-corrected chi connectivity index (χ2v) is 5.93. The summed E-state index contributed by atoms with van der Waals surface area (Å²) in [6.07, 6.45) is 4.00. The van der Waals surface area contributed by atoms with Crippen LogP contribution in [0.4, 0.5) is 0 Å². The summed E-state index contributed by atoms with van der Waals surface area (Å²) in [5.41, 5.74) is 1.26. The van der Waals surface area contributed by atoms with Gasteiger partial charge in [-0.25, -0.2) is 0 Å². The van der Waals surface area contributed by atoms with Crippen molar-refractivity contribution in [3.8, 4) is 0 Å². The number of Topliss-reactive ketones (excluding diaryl/α,β-unsaturated/α-hetero) is 1. The molecule has 2 aliphatic carbocycles. The average Bonchev–Trinajstić information content (AvgIpc) is 2.69. The van der Waals surface area contributed by atoms with E-state index in [0.717, 1.165) is 32.3 Å². The molecule has 0 N–H and O–H groups in total. The first-order valence-corrected chi connectivity index (χ1v) is 7.04. The topological polar surface area (TPSA) is 26.3 Å². The van der Waals surface area contributed by atoms with Crippen molar-refractivity contribution in [2.24, 2.45) is 11.8 Å². The lowest BCUT2D eigenvalue weighted by Gasteiger charge is -2.59. The Morgan fingerprint density at radius 1 is 1.22 bits per heavy atom. The molecule has 94 valence electrons. The average molecular weight is 242 g/mol. The molecule has 2 heteroatoms. The standard InChI is InChI=1S/C16H18O2/c17-13-7-4-9-16-12(8-10-18-16)14(15(13)16)11-5-2-1-3-6-11/h1-3,5-6,12,14-15H,4,7-10H2/t12-,14-,15-,16-/m0/s1. The van der Waals surface area contributed by atoms with Crippen LogP contribution in [-0.4, -0.2) is 18.0 Å². The van der Waals surface area contributed by atoms with Crippen molar-refractivity contribution in [3.63, 3.8) is 0 Å². The van der Waals surface area contributed by atoms with Crippen LogP contribution in [0.1, 0.15) is 37.2 Å². The van der Waals surface area contributed by atoms with Gasteiger partial charge in [-0.1, -0.05) is 30.3 Å². The molecule has 1 saturated heterocycles.